The van der Waals surface area contributed by atoms with Gasteiger partial charge in [-0.3, -0.25) is 0 Å². The summed E-state index contributed by atoms with van der Waals surface area (Å²) in [5.74, 6) is -0.691. The van der Waals surface area contributed by atoms with Crippen LogP contribution in [0.15, 0.2) is 10.5 Å². The first-order valence-electron chi connectivity index (χ1n) is 5.71. The Bertz CT molecular complexity index is 604. The Morgan fingerprint density at radius 1 is 1.35 bits per heavy atom. The number of amides is 2. The van der Waals surface area contributed by atoms with E-state index < -0.39 is 21.8 Å². The Morgan fingerprint density at radius 3 is 2.50 bits per heavy atom. The number of aryl methyl sites for hydroxylation is 1. The van der Waals surface area contributed by atoms with Gasteiger partial charge < -0.3 is 20.2 Å². The average molecular weight is 304 g/mol. The minimum atomic E-state index is -3.12. The Labute approximate surface area is 116 Å². The third-order valence-electron chi connectivity index (χ3n) is 2.38. The topological polar surface area (TPSA) is 126 Å². The molecule has 3 N–H and O–H groups in total. The van der Waals surface area contributed by atoms with Crippen molar-refractivity contribution in [2.75, 3.05) is 18.6 Å². The third kappa shape index (κ3) is 5.31. The van der Waals surface area contributed by atoms with Gasteiger partial charge in [-0.15, -0.1) is 0 Å². The number of rotatable bonds is 6. The van der Waals surface area contributed by atoms with Gasteiger partial charge in [-0.05, 0) is 13.0 Å². The van der Waals surface area contributed by atoms with Crippen molar-refractivity contribution >= 4 is 21.8 Å². The quantitative estimate of drug-likeness (QED) is 0.686. The Hall–Kier alpha value is -2.03. The summed E-state index contributed by atoms with van der Waals surface area (Å²) >= 11 is 0. The maximum atomic E-state index is 11.4. The number of carbonyl (C=O) groups excluding carboxylic acids is 1. The lowest BCUT2D eigenvalue weighted by Gasteiger charge is -2.05. The number of furan rings is 1. The smallest absolute Gasteiger partial charge is 0.339 e. The molecule has 0 aliphatic heterocycles. The fourth-order valence-electron chi connectivity index (χ4n) is 1.42. The molecule has 0 aliphatic rings. The Kier molecular flexibility index (Phi) is 5.14. The van der Waals surface area contributed by atoms with Gasteiger partial charge in [-0.25, -0.2) is 18.0 Å². The molecule has 0 saturated heterocycles. The van der Waals surface area contributed by atoms with E-state index in [1.807, 2.05) is 0 Å². The summed E-state index contributed by atoms with van der Waals surface area (Å²) in [6.45, 7) is 1.53. The highest BCUT2D eigenvalue weighted by Gasteiger charge is 2.14. The molecule has 0 aliphatic carbocycles. The number of aromatic carboxylic acids is 1. The fourth-order valence-corrected chi connectivity index (χ4v) is 1.90. The second-order valence-corrected chi connectivity index (χ2v) is 6.49. The van der Waals surface area contributed by atoms with Crippen molar-refractivity contribution in [1.29, 1.82) is 0 Å². The molecule has 0 fully saturated rings. The number of nitrogens with one attached hydrogen (secondary N) is 2. The first-order valence-corrected chi connectivity index (χ1v) is 7.77. The SMILES string of the molecule is Cc1oc(CNC(=O)NCCS(C)(=O)=O)cc1C(=O)O. The van der Waals surface area contributed by atoms with E-state index >= 15 is 0 Å². The predicted molar refractivity (Wildman–Crippen MR) is 70.4 cm³/mol. The first kappa shape index (κ1) is 16.0. The van der Waals surface area contributed by atoms with E-state index in [0.29, 0.717) is 5.76 Å². The van der Waals surface area contributed by atoms with Crippen LogP contribution in [0.5, 0.6) is 0 Å². The van der Waals surface area contributed by atoms with E-state index in [9.17, 15) is 18.0 Å². The molecule has 0 aromatic carbocycles. The van der Waals surface area contributed by atoms with Crippen LogP contribution in [0, 0.1) is 6.92 Å². The normalized spacial score (nSPS) is 11.1. The van der Waals surface area contributed by atoms with Crippen LogP contribution < -0.4 is 10.6 Å². The molecule has 0 spiro atoms. The molecule has 1 aromatic heterocycles. The molecule has 8 nitrogen and oxygen atoms in total. The predicted octanol–water partition coefficient (Wildman–Crippen LogP) is 0.130. The zero-order valence-corrected chi connectivity index (χ0v) is 11.9. The van der Waals surface area contributed by atoms with Gasteiger partial charge in [0.05, 0.1) is 12.3 Å². The van der Waals surface area contributed by atoms with E-state index in [0.717, 1.165) is 6.26 Å². The monoisotopic (exact) mass is 304 g/mol. The molecule has 0 bridgehead atoms. The molecule has 2 amide bonds. The van der Waals surface area contributed by atoms with Crippen LogP contribution in [0.25, 0.3) is 0 Å². The number of hydrogen-bond acceptors (Lipinski definition) is 5. The molecule has 112 valence electrons. The molecule has 9 heteroatoms. The lowest BCUT2D eigenvalue weighted by molar-refractivity contribution is 0.0695. The highest BCUT2D eigenvalue weighted by Crippen LogP contribution is 2.14. The van der Waals surface area contributed by atoms with E-state index in [2.05, 4.69) is 10.6 Å². The lowest BCUT2D eigenvalue weighted by atomic mass is 10.2. The van der Waals surface area contributed by atoms with E-state index in [4.69, 9.17) is 9.52 Å². The van der Waals surface area contributed by atoms with Crippen LogP contribution in [-0.2, 0) is 16.4 Å². The summed E-state index contributed by atoms with van der Waals surface area (Å²) in [6, 6.07) is 0.772. The van der Waals surface area contributed by atoms with Crippen LogP contribution in [0.3, 0.4) is 0 Å². The number of hydrogen-bond donors (Lipinski definition) is 3. The van der Waals surface area contributed by atoms with Crippen LogP contribution in [0.4, 0.5) is 4.79 Å². The molecule has 1 rings (SSSR count). The summed E-state index contributed by atoms with van der Waals surface area (Å²) in [5.41, 5.74) is 0.0410. The van der Waals surface area contributed by atoms with Crippen molar-refractivity contribution < 1.29 is 27.5 Å². The highest BCUT2D eigenvalue weighted by atomic mass is 32.2. The van der Waals surface area contributed by atoms with Crippen molar-refractivity contribution in [2.24, 2.45) is 0 Å². The van der Waals surface area contributed by atoms with Crippen LogP contribution in [-0.4, -0.2) is 44.1 Å². The summed E-state index contributed by atoms with van der Waals surface area (Å²) in [4.78, 5) is 22.1. The fraction of sp³-hybridized carbons (Fsp3) is 0.455. The standard InChI is InChI=1S/C11H16N2O6S/c1-7-9(10(14)15)5-8(19-7)6-13-11(16)12-3-4-20(2,17)18/h5H,3-4,6H2,1-2H3,(H,14,15)(H2,12,13,16). The summed E-state index contributed by atoms with van der Waals surface area (Å²) in [7, 11) is -3.12. The third-order valence-corrected chi connectivity index (χ3v) is 3.33. The van der Waals surface area contributed by atoms with E-state index in [1.165, 1.54) is 13.0 Å². The zero-order valence-electron chi connectivity index (χ0n) is 11.1. The van der Waals surface area contributed by atoms with Crippen LogP contribution in [0.1, 0.15) is 21.9 Å². The van der Waals surface area contributed by atoms with Crippen molar-refractivity contribution in [2.45, 2.75) is 13.5 Å². The maximum Gasteiger partial charge on any atom is 0.339 e. The van der Waals surface area contributed by atoms with Crippen molar-refractivity contribution in [1.82, 2.24) is 10.6 Å². The molecule has 0 radical (unpaired) electrons. The lowest BCUT2D eigenvalue weighted by Crippen LogP contribution is -2.37. The van der Waals surface area contributed by atoms with Crippen LogP contribution in [0.2, 0.25) is 0 Å². The number of urea groups is 1. The van der Waals surface area contributed by atoms with Gasteiger partial charge >= 0.3 is 12.0 Å². The molecule has 1 aromatic rings. The number of carboxylic acids is 1. The van der Waals surface area contributed by atoms with E-state index in [-0.39, 0.29) is 30.2 Å². The van der Waals surface area contributed by atoms with Gasteiger partial charge in [0.25, 0.3) is 0 Å². The Morgan fingerprint density at radius 2 is 2.00 bits per heavy atom. The molecule has 0 saturated carbocycles. The summed E-state index contributed by atoms with van der Waals surface area (Å²) < 4.78 is 26.9. The summed E-state index contributed by atoms with van der Waals surface area (Å²) in [6.07, 6.45) is 1.08. The number of carbonyl (C=O) groups is 2. The minimum Gasteiger partial charge on any atom is -0.478 e. The summed E-state index contributed by atoms with van der Waals surface area (Å²) in [5, 5.41) is 13.6. The van der Waals surface area contributed by atoms with Gasteiger partial charge in [0.1, 0.15) is 26.9 Å². The van der Waals surface area contributed by atoms with Gasteiger partial charge in [0.2, 0.25) is 0 Å². The maximum absolute atomic E-state index is 11.4. The highest BCUT2D eigenvalue weighted by molar-refractivity contribution is 7.90. The van der Waals surface area contributed by atoms with Gasteiger partial charge in [-0.2, -0.15) is 0 Å². The minimum absolute atomic E-state index is 0.00221. The van der Waals surface area contributed by atoms with Gasteiger partial charge in [-0.1, -0.05) is 0 Å². The largest absolute Gasteiger partial charge is 0.478 e. The molecular weight excluding hydrogens is 288 g/mol. The molecule has 1 heterocycles. The second kappa shape index (κ2) is 6.42. The molecule has 0 unspecified atom stereocenters. The second-order valence-electron chi connectivity index (χ2n) is 4.23. The van der Waals surface area contributed by atoms with Gasteiger partial charge in [0, 0.05) is 12.8 Å². The Balaban J connectivity index is 2.41. The molecular formula is C11H16N2O6S. The number of carboxylic acid groups (broad SMARTS) is 1. The zero-order chi connectivity index (χ0) is 15.3. The van der Waals surface area contributed by atoms with Crippen molar-refractivity contribution in [3.8, 4) is 0 Å². The van der Waals surface area contributed by atoms with Crippen molar-refractivity contribution in [3.63, 3.8) is 0 Å². The first-order chi connectivity index (χ1) is 9.19. The van der Waals surface area contributed by atoms with Crippen LogP contribution >= 0.6 is 0 Å². The molecule has 20 heavy (non-hydrogen) atoms. The van der Waals surface area contributed by atoms with Crippen molar-refractivity contribution in [3.05, 3.63) is 23.2 Å². The molecule has 0 atom stereocenters. The van der Waals surface area contributed by atoms with Gasteiger partial charge in [0.15, 0.2) is 0 Å². The number of sulfone groups is 1. The van der Waals surface area contributed by atoms with E-state index in [1.54, 1.807) is 0 Å². The average Bonchev–Trinajstić information content (AvgIpc) is 2.66.